The smallest absolute Gasteiger partial charge is 0.278 e. The Morgan fingerprint density at radius 1 is 1.40 bits per heavy atom. The summed E-state index contributed by atoms with van der Waals surface area (Å²) < 4.78 is 14.7. The molecule has 0 unspecified atom stereocenters. The van der Waals surface area contributed by atoms with E-state index in [0.717, 1.165) is 12.8 Å². The highest BCUT2D eigenvalue weighted by molar-refractivity contribution is 5.95. The number of aliphatic hydroxyl groups excluding tert-OH is 1. The number of carbonyl (C=O) groups is 1. The van der Waals surface area contributed by atoms with Crippen molar-refractivity contribution in [3.05, 3.63) is 41.5 Å². The number of aryl methyl sites for hydroxylation is 1. The molecule has 1 fully saturated rings. The average Bonchev–Trinajstić information content (AvgIpc) is 3.33. The number of hydrogen-bond donors (Lipinski definition) is 2. The molecular weight excluding hydrogens is 325 g/mol. The number of rotatable bonds is 7. The number of hydrogen-bond acceptors (Lipinski definition) is 4. The molecule has 0 aliphatic heterocycles. The Morgan fingerprint density at radius 2 is 2.16 bits per heavy atom. The summed E-state index contributed by atoms with van der Waals surface area (Å²) in [5.41, 5.74) is 1.26. The number of aromatic nitrogens is 2. The Morgan fingerprint density at radius 3 is 2.80 bits per heavy atom. The minimum Gasteiger partial charge on any atom is -0.504 e. The lowest BCUT2D eigenvalue weighted by molar-refractivity contribution is 0.0727. The van der Waals surface area contributed by atoms with Gasteiger partial charge in [-0.25, -0.2) is 9.07 Å². The van der Waals surface area contributed by atoms with E-state index in [9.17, 15) is 14.3 Å². The van der Waals surface area contributed by atoms with Crippen LogP contribution in [0.3, 0.4) is 0 Å². The van der Waals surface area contributed by atoms with E-state index in [-0.39, 0.29) is 35.8 Å². The summed E-state index contributed by atoms with van der Waals surface area (Å²) in [5.74, 6) is -0.851. The predicted octanol–water partition coefficient (Wildman–Crippen LogP) is 2.40. The van der Waals surface area contributed by atoms with Crippen LogP contribution < -0.4 is 0 Å². The number of aromatic hydroxyl groups is 1. The third kappa shape index (κ3) is 3.82. The van der Waals surface area contributed by atoms with Gasteiger partial charge in [-0.2, -0.15) is 5.10 Å². The largest absolute Gasteiger partial charge is 0.504 e. The molecule has 25 heavy (non-hydrogen) atoms. The predicted molar refractivity (Wildman–Crippen MR) is 90.3 cm³/mol. The topological polar surface area (TPSA) is 78.6 Å². The van der Waals surface area contributed by atoms with Crippen molar-refractivity contribution in [1.29, 1.82) is 0 Å². The normalized spacial score (nSPS) is 13.9. The van der Waals surface area contributed by atoms with Crippen LogP contribution in [-0.2, 0) is 0 Å². The Bertz CT molecular complexity index is 771. The van der Waals surface area contributed by atoms with Crippen LogP contribution in [0.5, 0.6) is 5.75 Å². The van der Waals surface area contributed by atoms with Crippen LogP contribution in [0.25, 0.3) is 5.69 Å². The maximum Gasteiger partial charge on any atom is 0.278 e. The highest BCUT2D eigenvalue weighted by Crippen LogP contribution is 2.30. The van der Waals surface area contributed by atoms with Crippen molar-refractivity contribution in [2.75, 3.05) is 13.2 Å². The number of unbranched alkanes of at least 4 members (excludes halogenated alkanes) is 1. The minimum atomic E-state index is -0.349. The van der Waals surface area contributed by atoms with E-state index in [1.54, 1.807) is 17.9 Å². The van der Waals surface area contributed by atoms with Gasteiger partial charge in [0.15, 0.2) is 11.4 Å². The van der Waals surface area contributed by atoms with E-state index in [1.807, 2.05) is 0 Å². The van der Waals surface area contributed by atoms with Crippen molar-refractivity contribution in [2.45, 2.75) is 38.6 Å². The van der Waals surface area contributed by atoms with Gasteiger partial charge < -0.3 is 15.1 Å². The summed E-state index contributed by atoms with van der Waals surface area (Å²) in [6.07, 6.45) is 4.60. The van der Waals surface area contributed by atoms with Gasteiger partial charge in [-0.1, -0.05) is 0 Å². The monoisotopic (exact) mass is 347 g/mol. The van der Waals surface area contributed by atoms with E-state index in [2.05, 4.69) is 5.10 Å². The van der Waals surface area contributed by atoms with Gasteiger partial charge in [-0.15, -0.1) is 0 Å². The van der Waals surface area contributed by atoms with Gasteiger partial charge in [0.2, 0.25) is 0 Å². The van der Waals surface area contributed by atoms with Crippen molar-refractivity contribution in [3.8, 4) is 11.4 Å². The van der Waals surface area contributed by atoms with E-state index < -0.39 is 0 Å². The lowest BCUT2D eigenvalue weighted by Gasteiger charge is -2.21. The van der Waals surface area contributed by atoms with Crippen LogP contribution in [-0.4, -0.2) is 50.0 Å². The minimum absolute atomic E-state index is 0.000349. The van der Waals surface area contributed by atoms with Crippen LogP contribution in [0.4, 0.5) is 4.39 Å². The number of benzene rings is 1. The Labute approximate surface area is 145 Å². The molecule has 1 aliphatic carbocycles. The first-order valence-corrected chi connectivity index (χ1v) is 8.48. The van der Waals surface area contributed by atoms with Crippen molar-refractivity contribution < 1.29 is 19.4 Å². The average molecular weight is 347 g/mol. The maximum atomic E-state index is 13.3. The van der Waals surface area contributed by atoms with Crippen LogP contribution >= 0.6 is 0 Å². The second-order valence-electron chi connectivity index (χ2n) is 6.40. The molecule has 0 saturated heterocycles. The summed E-state index contributed by atoms with van der Waals surface area (Å²) in [6, 6.07) is 4.43. The molecule has 3 rings (SSSR count). The molecule has 1 aromatic heterocycles. The van der Waals surface area contributed by atoms with E-state index in [1.165, 1.54) is 23.0 Å². The Balaban J connectivity index is 1.84. The van der Waals surface area contributed by atoms with Crippen LogP contribution in [0.1, 0.15) is 41.7 Å². The highest BCUT2D eigenvalue weighted by atomic mass is 19.1. The van der Waals surface area contributed by atoms with Crippen molar-refractivity contribution in [2.24, 2.45) is 0 Å². The molecule has 6 nitrogen and oxygen atoms in total. The van der Waals surface area contributed by atoms with Crippen LogP contribution in [0.2, 0.25) is 0 Å². The van der Waals surface area contributed by atoms with E-state index in [0.29, 0.717) is 30.6 Å². The number of aliphatic hydroxyl groups is 1. The molecule has 1 amide bonds. The highest BCUT2D eigenvalue weighted by Gasteiger charge is 2.35. The molecule has 0 bridgehead atoms. The standard InChI is InChI=1S/C18H22FN3O3/c1-12-10-13(19)4-7-15(12)22-11-16(24)17(20-22)18(25)21(14-5-6-14)8-2-3-9-23/h4,7,10-11,14,23-24H,2-3,5-6,8-9H2,1H3. The van der Waals surface area contributed by atoms with Gasteiger partial charge in [-0.3, -0.25) is 4.79 Å². The molecule has 0 atom stereocenters. The molecule has 2 aromatic rings. The first kappa shape index (κ1) is 17.4. The van der Waals surface area contributed by atoms with Gasteiger partial charge in [0.05, 0.1) is 11.9 Å². The fourth-order valence-electron chi connectivity index (χ4n) is 2.88. The molecule has 134 valence electrons. The van der Waals surface area contributed by atoms with Gasteiger partial charge in [-0.05, 0) is 56.4 Å². The first-order chi connectivity index (χ1) is 12.0. The first-order valence-electron chi connectivity index (χ1n) is 8.48. The molecule has 1 heterocycles. The number of halogens is 1. The zero-order valence-corrected chi connectivity index (χ0v) is 14.2. The summed E-state index contributed by atoms with van der Waals surface area (Å²) in [7, 11) is 0. The summed E-state index contributed by atoms with van der Waals surface area (Å²) in [4.78, 5) is 14.5. The van der Waals surface area contributed by atoms with Crippen LogP contribution in [0.15, 0.2) is 24.4 Å². The SMILES string of the molecule is Cc1cc(F)ccc1-n1cc(O)c(C(=O)N(CCCCO)C2CC2)n1. The Hall–Kier alpha value is -2.41. The van der Waals surface area contributed by atoms with E-state index in [4.69, 9.17) is 5.11 Å². The summed E-state index contributed by atoms with van der Waals surface area (Å²) in [6.45, 7) is 2.37. The van der Waals surface area contributed by atoms with E-state index >= 15 is 0 Å². The summed E-state index contributed by atoms with van der Waals surface area (Å²) in [5, 5.41) is 23.3. The molecule has 2 N–H and O–H groups in total. The second kappa shape index (κ2) is 7.23. The summed E-state index contributed by atoms with van der Waals surface area (Å²) >= 11 is 0. The molecular formula is C18H22FN3O3. The maximum absolute atomic E-state index is 13.3. The lowest BCUT2D eigenvalue weighted by atomic mass is 10.2. The number of amides is 1. The Kier molecular flexibility index (Phi) is 5.03. The van der Waals surface area contributed by atoms with Crippen molar-refractivity contribution in [1.82, 2.24) is 14.7 Å². The quantitative estimate of drug-likeness (QED) is 0.754. The second-order valence-corrected chi connectivity index (χ2v) is 6.40. The van der Waals surface area contributed by atoms with Gasteiger partial charge in [0.25, 0.3) is 5.91 Å². The molecule has 1 aromatic carbocycles. The third-order valence-corrected chi connectivity index (χ3v) is 4.36. The number of carbonyl (C=O) groups excluding carboxylic acids is 1. The fraction of sp³-hybridized carbons (Fsp3) is 0.444. The molecule has 1 saturated carbocycles. The third-order valence-electron chi connectivity index (χ3n) is 4.36. The van der Waals surface area contributed by atoms with Crippen molar-refractivity contribution >= 4 is 5.91 Å². The fourth-order valence-corrected chi connectivity index (χ4v) is 2.88. The molecule has 0 radical (unpaired) electrons. The molecule has 7 heteroatoms. The van der Waals surface area contributed by atoms with Gasteiger partial charge >= 0.3 is 0 Å². The van der Waals surface area contributed by atoms with Gasteiger partial charge in [0.1, 0.15) is 5.82 Å². The van der Waals surface area contributed by atoms with Crippen molar-refractivity contribution in [3.63, 3.8) is 0 Å². The zero-order valence-electron chi connectivity index (χ0n) is 14.2. The molecule has 0 spiro atoms. The van der Waals surface area contributed by atoms with Crippen LogP contribution in [0, 0.1) is 12.7 Å². The zero-order chi connectivity index (χ0) is 18.0. The van der Waals surface area contributed by atoms with Gasteiger partial charge in [0, 0.05) is 19.2 Å². The lowest BCUT2D eigenvalue weighted by Crippen LogP contribution is -2.34. The molecule has 1 aliphatic rings. The number of nitrogens with zero attached hydrogens (tertiary/aromatic N) is 3.